The van der Waals surface area contributed by atoms with E-state index in [0.29, 0.717) is 10.8 Å². The van der Waals surface area contributed by atoms with Crippen LogP contribution in [0.15, 0.2) is 24.3 Å². The second kappa shape index (κ2) is 5.75. The van der Waals surface area contributed by atoms with Gasteiger partial charge in [0.2, 0.25) is 0 Å². The van der Waals surface area contributed by atoms with E-state index in [1.807, 2.05) is 29.3 Å². The van der Waals surface area contributed by atoms with Crippen LogP contribution in [0.3, 0.4) is 0 Å². The highest BCUT2D eigenvalue weighted by Crippen LogP contribution is 2.30. The van der Waals surface area contributed by atoms with Crippen molar-refractivity contribution in [2.75, 3.05) is 36.8 Å². The van der Waals surface area contributed by atoms with E-state index in [4.69, 9.17) is 17.3 Å². The van der Waals surface area contributed by atoms with Crippen LogP contribution in [0.2, 0.25) is 5.02 Å². The minimum Gasteiger partial charge on any atom is -0.384 e. The lowest BCUT2D eigenvalue weighted by Gasteiger charge is -2.35. The van der Waals surface area contributed by atoms with Crippen molar-refractivity contribution in [3.8, 4) is 0 Å². The normalized spacial score (nSPS) is 16.1. The van der Waals surface area contributed by atoms with E-state index < -0.39 is 0 Å². The Morgan fingerprint density at radius 3 is 2.71 bits per heavy atom. The Balaban J connectivity index is 1.92. The Morgan fingerprint density at radius 1 is 1.24 bits per heavy atom. The third-order valence-electron chi connectivity index (χ3n) is 3.59. The van der Waals surface area contributed by atoms with Crippen LogP contribution in [0.1, 0.15) is 0 Å². The zero-order valence-corrected chi connectivity index (χ0v) is 12.1. The van der Waals surface area contributed by atoms with Crippen molar-refractivity contribution >= 4 is 40.4 Å². The highest BCUT2D eigenvalue weighted by atomic mass is 35.5. The number of hydrogen-bond donors (Lipinski definition) is 2. The fourth-order valence-corrected chi connectivity index (χ4v) is 2.75. The molecule has 1 radical (unpaired) electrons. The van der Waals surface area contributed by atoms with Gasteiger partial charge >= 0.3 is 6.41 Å². The van der Waals surface area contributed by atoms with E-state index in [1.54, 1.807) is 6.41 Å². The van der Waals surface area contributed by atoms with Gasteiger partial charge in [-0.25, -0.2) is 9.99 Å². The van der Waals surface area contributed by atoms with Crippen LogP contribution in [-0.4, -0.2) is 42.6 Å². The van der Waals surface area contributed by atoms with Gasteiger partial charge in [-0.05, 0) is 18.2 Å². The molecule has 3 rings (SSSR count). The summed E-state index contributed by atoms with van der Waals surface area (Å²) in [5.41, 5.74) is 10.3. The molecule has 3 N–H and O–H groups in total. The SMILES string of the molecule is Nc1cc(N2CCN(N[C]=O)CC2)c2ccc(Cl)cc2n1. The zero-order valence-electron chi connectivity index (χ0n) is 11.3. The summed E-state index contributed by atoms with van der Waals surface area (Å²) in [6, 6.07) is 7.51. The van der Waals surface area contributed by atoms with Crippen LogP contribution in [0.25, 0.3) is 10.9 Å². The average molecular weight is 305 g/mol. The monoisotopic (exact) mass is 304 g/mol. The topological polar surface area (TPSA) is 74.5 Å². The second-order valence-corrected chi connectivity index (χ2v) is 5.35. The van der Waals surface area contributed by atoms with Gasteiger partial charge in [-0.15, -0.1) is 0 Å². The van der Waals surface area contributed by atoms with Crippen molar-refractivity contribution < 1.29 is 4.79 Å². The van der Waals surface area contributed by atoms with Gasteiger partial charge in [-0.1, -0.05) is 11.6 Å². The molecular formula is C14H15ClN5O. The summed E-state index contributed by atoms with van der Waals surface area (Å²) in [4.78, 5) is 16.9. The van der Waals surface area contributed by atoms with Gasteiger partial charge in [-0.3, -0.25) is 10.2 Å². The summed E-state index contributed by atoms with van der Waals surface area (Å²) in [6.07, 6.45) is 1.70. The Hall–Kier alpha value is -2.05. The number of fused-ring (bicyclic) bond motifs is 1. The number of anilines is 2. The molecule has 1 fully saturated rings. The minimum atomic E-state index is 0.474. The van der Waals surface area contributed by atoms with Gasteiger partial charge in [0.15, 0.2) is 0 Å². The lowest BCUT2D eigenvalue weighted by molar-refractivity contribution is 0.217. The van der Waals surface area contributed by atoms with E-state index >= 15 is 0 Å². The summed E-state index contributed by atoms with van der Waals surface area (Å²) in [7, 11) is 0. The molecule has 0 unspecified atom stereocenters. The fraction of sp³-hybridized carbons (Fsp3) is 0.286. The summed E-state index contributed by atoms with van der Waals surface area (Å²) >= 11 is 6.02. The molecule has 0 spiro atoms. The molecule has 7 heteroatoms. The predicted octanol–water partition coefficient (Wildman–Crippen LogP) is 1.16. The Labute approximate surface area is 127 Å². The third-order valence-corrected chi connectivity index (χ3v) is 3.83. The number of nitrogen functional groups attached to an aromatic ring is 1. The first kappa shape index (κ1) is 13.9. The van der Waals surface area contributed by atoms with Crippen LogP contribution in [0, 0.1) is 0 Å². The molecular weight excluding hydrogens is 290 g/mol. The molecule has 0 aliphatic carbocycles. The molecule has 2 aromatic rings. The summed E-state index contributed by atoms with van der Waals surface area (Å²) in [5, 5.41) is 3.51. The highest BCUT2D eigenvalue weighted by molar-refractivity contribution is 6.31. The summed E-state index contributed by atoms with van der Waals surface area (Å²) in [5.74, 6) is 0.474. The number of hydrogen-bond acceptors (Lipinski definition) is 5. The largest absolute Gasteiger partial charge is 0.384 e. The number of rotatable bonds is 3. The minimum absolute atomic E-state index is 0.474. The maximum Gasteiger partial charge on any atom is 0.324 e. The molecule has 1 saturated heterocycles. The second-order valence-electron chi connectivity index (χ2n) is 4.92. The van der Waals surface area contributed by atoms with Gasteiger partial charge in [0.05, 0.1) is 5.52 Å². The Bertz CT molecular complexity index is 664. The highest BCUT2D eigenvalue weighted by Gasteiger charge is 2.19. The first-order valence-corrected chi connectivity index (χ1v) is 7.03. The van der Waals surface area contributed by atoms with E-state index in [1.165, 1.54) is 0 Å². The van der Waals surface area contributed by atoms with Gasteiger partial charge in [0, 0.05) is 48.3 Å². The van der Waals surface area contributed by atoms with Crippen molar-refractivity contribution in [3.05, 3.63) is 29.3 Å². The average Bonchev–Trinajstić information content (AvgIpc) is 2.47. The van der Waals surface area contributed by atoms with E-state index in [2.05, 4.69) is 15.3 Å². The number of benzene rings is 1. The number of nitrogens with two attached hydrogens (primary N) is 1. The maximum absolute atomic E-state index is 10.3. The van der Waals surface area contributed by atoms with Gasteiger partial charge in [-0.2, -0.15) is 0 Å². The molecule has 1 aliphatic heterocycles. The number of pyridine rings is 1. The van der Waals surface area contributed by atoms with Crippen LogP contribution >= 0.6 is 11.6 Å². The lowest BCUT2D eigenvalue weighted by Crippen LogP contribution is -2.51. The standard InChI is InChI=1S/C14H15ClN5O/c15-10-1-2-11-12(7-10)18-14(16)8-13(11)19-3-5-20(6-4-19)17-9-21/h1-2,7-8H,3-6H2,(H2,16,18)(H,17,21). The number of carbonyl (C=O) groups excluding carboxylic acids is 1. The van der Waals surface area contributed by atoms with Crippen LogP contribution in [0.4, 0.5) is 11.5 Å². The molecule has 6 nitrogen and oxygen atoms in total. The lowest BCUT2D eigenvalue weighted by atomic mass is 10.1. The van der Waals surface area contributed by atoms with E-state index in [9.17, 15) is 4.79 Å². The Kier molecular flexibility index (Phi) is 3.81. The van der Waals surface area contributed by atoms with Gasteiger partial charge in [0.1, 0.15) is 5.82 Å². The number of aromatic nitrogens is 1. The number of halogens is 1. The van der Waals surface area contributed by atoms with Gasteiger partial charge < -0.3 is 10.6 Å². The zero-order chi connectivity index (χ0) is 14.8. The molecule has 1 aliphatic rings. The van der Waals surface area contributed by atoms with E-state index in [-0.39, 0.29) is 0 Å². The number of hydrazine groups is 1. The predicted molar refractivity (Wildman–Crippen MR) is 83.8 cm³/mol. The van der Waals surface area contributed by atoms with Gasteiger partial charge in [0.25, 0.3) is 0 Å². The molecule has 1 aromatic carbocycles. The van der Waals surface area contributed by atoms with Crippen LogP contribution in [0.5, 0.6) is 0 Å². The van der Waals surface area contributed by atoms with Crippen molar-refractivity contribution in [1.82, 2.24) is 15.4 Å². The summed E-state index contributed by atoms with van der Waals surface area (Å²) in [6.45, 7) is 3.03. The third kappa shape index (κ3) is 2.86. The van der Waals surface area contributed by atoms with Crippen LogP contribution < -0.4 is 16.1 Å². The first-order valence-electron chi connectivity index (χ1n) is 6.66. The molecule has 2 heterocycles. The molecule has 1 aromatic heterocycles. The number of piperazine rings is 1. The van der Waals surface area contributed by atoms with Crippen molar-refractivity contribution in [3.63, 3.8) is 0 Å². The van der Waals surface area contributed by atoms with Crippen molar-refractivity contribution in [2.24, 2.45) is 0 Å². The molecule has 0 atom stereocenters. The smallest absolute Gasteiger partial charge is 0.324 e. The number of nitrogens with one attached hydrogen (secondary N) is 1. The summed E-state index contributed by atoms with van der Waals surface area (Å²) < 4.78 is 0. The van der Waals surface area contributed by atoms with E-state index in [0.717, 1.165) is 42.8 Å². The maximum atomic E-state index is 10.3. The molecule has 21 heavy (non-hydrogen) atoms. The number of amides is 1. The van der Waals surface area contributed by atoms with Crippen molar-refractivity contribution in [1.29, 1.82) is 0 Å². The fourth-order valence-electron chi connectivity index (χ4n) is 2.59. The number of nitrogens with zero attached hydrogens (tertiary/aromatic N) is 3. The molecule has 0 bridgehead atoms. The first-order chi connectivity index (χ1) is 10.2. The Morgan fingerprint density at radius 2 is 2.00 bits per heavy atom. The van der Waals surface area contributed by atoms with Crippen LogP contribution in [-0.2, 0) is 4.79 Å². The molecule has 1 amide bonds. The van der Waals surface area contributed by atoms with Crippen molar-refractivity contribution in [2.45, 2.75) is 0 Å². The molecule has 109 valence electrons. The molecule has 0 saturated carbocycles. The quantitative estimate of drug-likeness (QED) is 0.833.